The molecule has 6 rings (SSSR count). The number of fused-ring (bicyclic) bond motifs is 1. The van der Waals surface area contributed by atoms with E-state index < -0.39 is 23.6 Å². The van der Waals surface area contributed by atoms with Crippen molar-refractivity contribution in [3.8, 4) is 22.5 Å². The van der Waals surface area contributed by atoms with Crippen molar-refractivity contribution in [1.29, 1.82) is 0 Å². The Balaban J connectivity index is 1.25. The topological polar surface area (TPSA) is 102 Å². The molecule has 7 nitrogen and oxygen atoms in total. The Morgan fingerprint density at radius 2 is 1.62 bits per heavy atom. The van der Waals surface area contributed by atoms with Gasteiger partial charge < -0.3 is 14.3 Å². The van der Waals surface area contributed by atoms with Gasteiger partial charge in [-0.05, 0) is 48.6 Å². The van der Waals surface area contributed by atoms with E-state index in [4.69, 9.17) is 20.8 Å². The van der Waals surface area contributed by atoms with Crippen molar-refractivity contribution in [1.82, 2.24) is 4.98 Å². The number of anilines is 1. The number of carbonyl (C=O) groups excluding carboxylic acids is 1. The average molecular weight is 553 g/mol. The SMILES string of the molecule is C[C@@H](OC(=O)Nc1c(-c2ccc(-c3ccc(C4(C(=O)O)CC4)cc3)cc2)oc2cnccc12)c1ccccc1Cl. The third-order valence-corrected chi connectivity index (χ3v) is 7.77. The van der Waals surface area contributed by atoms with Gasteiger partial charge in [-0.25, -0.2) is 4.79 Å². The fraction of sp³-hybridized carbons (Fsp3) is 0.156. The van der Waals surface area contributed by atoms with E-state index in [0.717, 1.165) is 22.3 Å². The van der Waals surface area contributed by atoms with Gasteiger partial charge in [0.2, 0.25) is 0 Å². The van der Waals surface area contributed by atoms with Crippen molar-refractivity contribution in [3.63, 3.8) is 0 Å². The van der Waals surface area contributed by atoms with E-state index in [1.807, 2.05) is 66.7 Å². The predicted molar refractivity (Wildman–Crippen MR) is 153 cm³/mol. The molecular weight excluding hydrogens is 528 g/mol. The van der Waals surface area contributed by atoms with E-state index in [0.29, 0.717) is 45.8 Å². The van der Waals surface area contributed by atoms with E-state index in [2.05, 4.69) is 10.3 Å². The van der Waals surface area contributed by atoms with Crippen LogP contribution in [0.1, 0.15) is 37.0 Å². The molecule has 3 aromatic carbocycles. The van der Waals surface area contributed by atoms with E-state index >= 15 is 0 Å². The van der Waals surface area contributed by atoms with Gasteiger partial charge in [0, 0.05) is 27.7 Å². The van der Waals surface area contributed by atoms with Crippen LogP contribution >= 0.6 is 11.6 Å². The molecule has 2 heterocycles. The van der Waals surface area contributed by atoms with Crippen molar-refractivity contribution < 1.29 is 23.8 Å². The van der Waals surface area contributed by atoms with Crippen molar-refractivity contribution in [2.45, 2.75) is 31.3 Å². The van der Waals surface area contributed by atoms with Gasteiger partial charge in [0.05, 0.1) is 17.3 Å². The minimum atomic E-state index is -0.766. The maximum atomic E-state index is 12.9. The number of nitrogens with one attached hydrogen (secondary N) is 1. The van der Waals surface area contributed by atoms with Crippen LogP contribution in [-0.2, 0) is 14.9 Å². The zero-order valence-electron chi connectivity index (χ0n) is 21.6. The normalized spacial score (nSPS) is 14.4. The largest absolute Gasteiger partial charge is 0.481 e. The Morgan fingerprint density at radius 1 is 0.975 bits per heavy atom. The second kappa shape index (κ2) is 10.2. The molecule has 1 fully saturated rings. The molecule has 0 bridgehead atoms. The van der Waals surface area contributed by atoms with Crippen LogP contribution < -0.4 is 5.32 Å². The first-order valence-electron chi connectivity index (χ1n) is 12.9. The average Bonchev–Trinajstić information content (AvgIpc) is 3.71. The summed E-state index contributed by atoms with van der Waals surface area (Å²) in [5, 5.41) is 13.6. The summed E-state index contributed by atoms with van der Waals surface area (Å²) in [6, 6.07) is 24.4. The van der Waals surface area contributed by atoms with Gasteiger partial charge in [-0.15, -0.1) is 0 Å². The molecule has 1 atom stereocenters. The molecule has 1 aliphatic carbocycles. The first kappa shape index (κ1) is 25.6. The number of carboxylic acids is 1. The van der Waals surface area contributed by atoms with Crippen LogP contribution in [0.4, 0.5) is 10.5 Å². The highest BCUT2D eigenvalue weighted by molar-refractivity contribution is 6.31. The number of aromatic nitrogens is 1. The first-order valence-corrected chi connectivity index (χ1v) is 13.3. The number of carboxylic acid groups (broad SMARTS) is 1. The zero-order valence-corrected chi connectivity index (χ0v) is 22.3. The highest BCUT2D eigenvalue weighted by atomic mass is 35.5. The van der Waals surface area contributed by atoms with E-state index in [9.17, 15) is 14.7 Å². The van der Waals surface area contributed by atoms with E-state index in [1.54, 1.807) is 31.5 Å². The maximum absolute atomic E-state index is 12.9. The number of pyridine rings is 1. The van der Waals surface area contributed by atoms with E-state index in [-0.39, 0.29) is 0 Å². The molecule has 0 radical (unpaired) electrons. The Labute approximate surface area is 235 Å². The molecule has 40 heavy (non-hydrogen) atoms. The number of rotatable bonds is 7. The van der Waals surface area contributed by atoms with Crippen LogP contribution in [0.15, 0.2) is 95.7 Å². The number of aliphatic carboxylic acids is 1. The monoisotopic (exact) mass is 552 g/mol. The molecule has 0 saturated heterocycles. The maximum Gasteiger partial charge on any atom is 0.412 e. The zero-order chi connectivity index (χ0) is 27.9. The molecule has 1 amide bonds. The lowest BCUT2D eigenvalue weighted by atomic mass is 9.93. The molecular formula is C32H25ClN2O5. The second-order valence-corrected chi connectivity index (χ2v) is 10.3. The quantitative estimate of drug-likeness (QED) is 0.211. The van der Waals surface area contributed by atoms with Gasteiger partial charge >= 0.3 is 12.1 Å². The second-order valence-electron chi connectivity index (χ2n) is 9.91. The molecule has 2 N–H and O–H groups in total. The number of hydrogen-bond acceptors (Lipinski definition) is 5. The third kappa shape index (κ3) is 4.69. The molecule has 8 heteroatoms. The Morgan fingerprint density at radius 3 is 2.27 bits per heavy atom. The Hall–Kier alpha value is -4.62. The predicted octanol–water partition coefficient (Wildman–Crippen LogP) is 8.24. The number of hydrogen-bond donors (Lipinski definition) is 2. The summed E-state index contributed by atoms with van der Waals surface area (Å²) >= 11 is 6.27. The standard InChI is InChI=1S/C32H25ClN2O5/c1-19(24-4-2-3-5-26(24)33)39-31(38)35-28-25-14-17-34-18-27(25)40-29(28)22-8-6-20(7-9-22)21-10-12-23(13-11-21)32(15-16-32)30(36)37/h2-14,17-19H,15-16H2,1H3,(H,35,38)(H,36,37)/t19-/m1/s1. The highest BCUT2D eigenvalue weighted by Gasteiger charge is 2.51. The summed E-state index contributed by atoms with van der Waals surface area (Å²) in [6.07, 6.45) is 3.38. The highest BCUT2D eigenvalue weighted by Crippen LogP contribution is 2.48. The van der Waals surface area contributed by atoms with Crippen LogP contribution in [-0.4, -0.2) is 22.2 Å². The van der Waals surface area contributed by atoms with Crippen LogP contribution in [0, 0.1) is 0 Å². The van der Waals surface area contributed by atoms with Crippen molar-refractivity contribution in [2.24, 2.45) is 0 Å². The van der Waals surface area contributed by atoms with Crippen molar-refractivity contribution >= 4 is 40.3 Å². The lowest BCUT2D eigenvalue weighted by molar-refractivity contribution is -0.140. The van der Waals surface area contributed by atoms with Crippen molar-refractivity contribution in [3.05, 3.63) is 107 Å². The Kier molecular flexibility index (Phi) is 6.52. The summed E-state index contributed by atoms with van der Waals surface area (Å²) in [6.45, 7) is 1.76. The van der Waals surface area contributed by atoms with Crippen molar-refractivity contribution in [2.75, 3.05) is 5.32 Å². The minimum absolute atomic E-state index is 0.476. The number of halogens is 1. The molecule has 1 aliphatic rings. The molecule has 1 saturated carbocycles. The van der Waals surface area contributed by atoms with Gasteiger partial charge in [0.25, 0.3) is 0 Å². The minimum Gasteiger partial charge on any atom is -0.481 e. The number of ether oxygens (including phenoxy) is 1. The van der Waals surface area contributed by atoms with Crippen LogP contribution in [0.2, 0.25) is 5.02 Å². The van der Waals surface area contributed by atoms with E-state index in [1.165, 1.54) is 0 Å². The fourth-order valence-electron chi connectivity index (χ4n) is 4.99. The molecule has 2 aromatic heterocycles. The van der Waals surface area contributed by atoms with Gasteiger partial charge in [-0.2, -0.15) is 0 Å². The lowest BCUT2D eigenvalue weighted by Crippen LogP contribution is -2.19. The molecule has 0 aliphatic heterocycles. The Bertz CT molecular complexity index is 1720. The summed E-state index contributed by atoms with van der Waals surface area (Å²) in [5.74, 6) is -0.290. The van der Waals surface area contributed by atoms with Crippen LogP contribution in [0.5, 0.6) is 0 Å². The smallest absolute Gasteiger partial charge is 0.412 e. The van der Waals surface area contributed by atoms with Gasteiger partial charge in [0.15, 0.2) is 11.3 Å². The molecule has 5 aromatic rings. The summed E-state index contributed by atoms with van der Waals surface area (Å²) in [5.41, 5.74) is 4.52. The number of amides is 1. The van der Waals surface area contributed by atoms with Crippen LogP contribution in [0.25, 0.3) is 33.4 Å². The fourth-order valence-corrected chi connectivity index (χ4v) is 5.28. The summed E-state index contributed by atoms with van der Waals surface area (Å²) < 4.78 is 11.7. The first-order chi connectivity index (χ1) is 19.4. The number of carbonyl (C=O) groups is 2. The number of nitrogens with zero attached hydrogens (tertiary/aromatic N) is 1. The lowest BCUT2D eigenvalue weighted by Gasteiger charge is -2.15. The number of benzene rings is 3. The van der Waals surface area contributed by atoms with Crippen LogP contribution in [0.3, 0.4) is 0 Å². The van der Waals surface area contributed by atoms with Gasteiger partial charge in [0.1, 0.15) is 6.10 Å². The summed E-state index contributed by atoms with van der Waals surface area (Å²) in [4.78, 5) is 28.7. The molecule has 0 unspecified atom stereocenters. The van der Waals surface area contributed by atoms with Gasteiger partial charge in [-0.3, -0.25) is 15.1 Å². The number of furan rings is 1. The molecule has 200 valence electrons. The summed E-state index contributed by atoms with van der Waals surface area (Å²) in [7, 11) is 0. The molecule has 0 spiro atoms. The third-order valence-electron chi connectivity index (χ3n) is 7.42. The van der Waals surface area contributed by atoms with Gasteiger partial charge in [-0.1, -0.05) is 78.3 Å².